The molecule has 1 N–H and O–H groups in total. The second-order valence-corrected chi connectivity index (χ2v) is 9.08. The lowest BCUT2D eigenvalue weighted by atomic mass is 9.73. The number of aromatic nitrogens is 2. The molecular weight excluding hydrogens is 437 g/mol. The summed E-state index contributed by atoms with van der Waals surface area (Å²) in [5.41, 5.74) is 5.33. The fraction of sp³-hybridized carbons (Fsp3) is 0.185. The highest BCUT2D eigenvalue weighted by atomic mass is 35.5. The van der Waals surface area contributed by atoms with Gasteiger partial charge in [0.1, 0.15) is 18.2 Å². The van der Waals surface area contributed by atoms with Gasteiger partial charge in [0.05, 0.1) is 40.0 Å². The summed E-state index contributed by atoms with van der Waals surface area (Å²) in [7, 11) is 0. The highest BCUT2D eigenvalue weighted by molar-refractivity contribution is 6.36. The predicted molar refractivity (Wildman–Crippen MR) is 126 cm³/mol. The Labute approximate surface area is 196 Å². The number of imidazole rings is 1. The van der Waals surface area contributed by atoms with E-state index in [0.29, 0.717) is 22.8 Å². The Kier molecular flexibility index (Phi) is 5.08. The molecule has 0 saturated carbocycles. The van der Waals surface area contributed by atoms with Gasteiger partial charge in [0, 0.05) is 17.5 Å². The number of aromatic amines is 1. The highest BCUT2D eigenvalue weighted by Gasteiger charge is 2.36. The lowest BCUT2D eigenvalue weighted by Gasteiger charge is -2.33. The van der Waals surface area contributed by atoms with Crippen LogP contribution in [0, 0.1) is 28.6 Å². The van der Waals surface area contributed by atoms with E-state index in [1.54, 1.807) is 30.6 Å². The molecule has 0 atom stereocenters. The molecule has 0 saturated heterocycles. The fourth-order valence-electron chi connectivity index (χ4n) is 4.31. The van der Waals surface area contributed by atoms with E-state index >= 15 is 4.39 Å². The zero-order valence-electron chi connectivity index (χ0n) is 18.1. The number of H-pyrrole nitrogens is 1. The molecule has 162 valence electrons. The van der Waals surface area contributed by atoms with Crippen LogP contribution in [-0.2, 0) is 6.61 Å². The molecule has 2 aromatic carbocycles. The first kappa shape index (κ1) is 21.1. The highest BCUT2D eigenvalue weighted by Crippen LogP contribution is 2.51. The third-order valence-corrected chi connectivity index (χ3v) is 6.32. The summed E-state index contributed by atoms with van der Waals surface area (Å²) in [6.07, 6.45) is 1.85. The van der Waals surface area contributed by atoms with E-state index in [-0.39, 0.29) is 17.8 Å². The minimum Gasteiger partial charge on any atom is -0.487 e. The molecule has 0 amide bonds. The van der Waals surface area contributed by atoms with Crippen molar-refractivity contribution in [3.63, 3.8) is 0 Å². The predicted octanol–water partition coefficient (Wildman–Crippen LogP) is 6.50. The number of allylic oxidation sites excluding steroid dienone is 4. The number of halogens is 2. The Hall–Kier alpha value is -3.80. The van der Waals surface area contributed by atoms with Crippen molar-refractivity contribution in [2.24, 2.45) is 5.41 Å². The van der Waals surface area contributed by atoms with Crippen molar-refractivity contribution in [3.05, 3.63) is 87.6 Å². The molecule has 33 heavy (non-hydrogen) atoms. The van der Waals surface area contributed by atoms with Crippen molar-refractivity contribution in [1.82, 2.24) is 9.97 Å². The quantitative estimate of drug-likeness (QED) is 0.426. The molecule has 0 unspecified atom stereocenters. The minimum atomic E-state index is -0.527. The molecule has 5 rings (SSSR count). The summed E-state index contributed by atoms with van der Waals surface area (Å²) in [6.45, 7) is 4.36. The number of hydrogen-bond donors (Lipinski definition) is 1. The standard InChI is InChI=1S/C27H19ClFN3O/c1-27(2)12-21(29)19(9-7-16-3-5-17(13-30)6-4-16)25(28)24(27)18-8-10-20-23(11-18)33-14-22-26(20)32-15-31-22/h3-6,8,10-11,15H,12,14H2,1-2H3,(H,31,32). The molecule has 0 spiro atoms. The number of hydrogen-bond acceptors (Lipinski definition) is 3. The number of ether oxygens (including phenoxy) is 1. The Balaban J connectivity index is 1.57. The van der Waals surface area contributed by atoms with Gasteiger partial charge in [-0.05, 0) is 52.9 Å². The van der Waals surface area contributed by atoms with Gasteiger partial charge < -0.3 is 9.72 Å². The van der Waals surface area contributed by atoms with Gasteiger partial charge in [-0.2, -0.15) is 5.26 Å². The monoisotopic (exact) mass is 455 g/mol. The average Bonchev–Trinajstić information content (AvgIpc) is 3.28. The Morgan fingerprint density at radius 3 is 2.64 bits per heavy atom. The molecule has 4 nitrogen and oxygen atoms in total. The van der Waals surface area contributed by atoms with Gasteiger partial charge in [0.15, 0.2) is 0 Å². The van der Waals surface area contributed by atoms with E-state index in [0.717, 1.165) is 33.8 Å². The number of rotatable bonds is 1. The lowest BCUT2D eigenvalue weighted by Crippen LogP contribution is -2.20. The lowest BCUT2D eigenvalue weighted by molar-refractivity contribution is 0.297. The van der Waals surface area contributed by atoms with Crippen LogP contribution in [0.25, 0.3) is 16.8 Å². The van der Waals surface area contributed by atoms with Crippen LogP contribution in [0.3, 0.4) is 0 Å². The molecular formula is C27H19ClFN3O. The molecule has 1 aromatic heterocycles. The zero-order chi connectivity index (χ0) is 23.2. The molecule has 0 bridgehead atoms. The Morgan fingerprint density at radius 2 is 1.88 bits per heavy atom. The summed E-state index contributed by atoms with van der Waals surface area (Å²) in [4.78, 5) is 7.50. The number of nitriles is 1. The van der Waals surface area contributed by atoms with Crippen LogP contribution in [0.1, 0.15) is 42.7 Å². The topological polar surface area (TPSA) is 61.7 Å². The fourth-order valence-corrected chi connectivity index (χ4v) is 4.83. The second-order valence-electron chi connectivity index (χ2n) is 8.70. The average molecular weight is 456 g/mol. The number of nitrogens with zero attached hydrogens (tertiary/aromatic N) is 2. The van der Waals surface area contributed by atoms with E-state index in [1.807, 2.05) is 32.0 Å². The van der Waals surface area contributed by atoms with Gasteiger partial charge in [-0.1, -0.05) is 43.4 Å². The van der Waals surface area contributed by atoms with Crippen LogP contribution in [0.4, 0.5) is 4.39 Å². The molecule has 6 heteroatoms. The van der Waals surface area contributed by atoms with Crippen LogP contribution in [0.15, 0.2) is 65.2 Å². The molecule has 3 aromatic rings. The van der Waals surface area contributed by atoms with Crippen molar-refractivity contribution < 1.29 is 9.13 Å². The van der Waals surface area contributed by atoms with E-state index in [4.69, 9.17) is 21.6 Å². The second kappa shape index (κ2) is 7.96. The maximum atomic E-state index is 15.1. The first-order valence-corrected chi connectivity index (χ1v) is 10.9. The molecule has 1 aliphatic carbocycles. The van der Waals surface area contributed by atoms with Crippen molar-refractivity contribution in [2.75, 3.05) is 0 Å². The third kappa shape index (κ3) is 3.71. The van der Waals surface area contributed by atoms with Crippen molar-refractivity contribution in [3.8, 4) is 34.9 Å². The van der Waals surface area contributed by atoms with Crippen LogP contribution < -0.4 is 4.74 Å². The molecule has 1 aliphatic heterocycles. The first-order chi connectivity index (χ1) is 15.9. The van der Waals surface area contributed by atoms with Crippen molar-refractivity contribution in [2.45, 2.75) is 26.9 Å². The summed E-state index contributed by atoms with van der Waals surface area (Å²) >= 11 is 6.80. The van der Waals surface area contributed by atoms with Crippen molar-refractivity contribution >= 4 is 17.2 Å². The van der Waals surface area contributed by atoms with Gasteiger partial charge in [0.2, 0.25) is 0 Å². The Bertz CT molecular complexity index is 1440. The molecule has 0 fully saturated rings. The van der Waals surface area contributed by atoms with Crippen LogP contribution in [0.2, 0.25) is 0 Å². The summed E-state index contributed by atoms with van der Waals surface area (Å²) in [6, 6.07) is 14.8. The van der Waals surface area contributed by atoms with Gasteiger partial charge in [-0.25, -0.2) is 9.37 Å². The molecule has 2 aliphatic rings. The number of nitrogens with one attached hydrogen (secondary N) is 1. The zero-order valence-corrected chi connectivity index (χ0v) is 18.8. The normalized spacial score (nSPS) is 16.2. The molecule has 0 radical (unpaired) electrons. The van der Waals surface area contributed by atoms with E-state index in [2.05, 4.69) is 27.9 Å². The van der Waals surface area contributed by atoms with Crippen molar-refractivity contribution in [1.29, 1.82) is 5.26 Å². The smallest absolute Gasteiger partial charge is 0.130 e. The Morgan fingerprint density at radius 1 is 1.12 bits per heavy atom. The van der Waals surface area contributed by atoms with Crippen LogP contribution >= 0.6 is 11.6 Å². The summed E-state index contributed by atoms with van der Waals surface area (Å²) < 4.78 is 21.0. The van der Waals surface area contributed by atoms with E-state index in [9.17, 15) is 0 Å². The number of fused-ring (bicyclic) bond motifs is 3. The summed E-state index contributed by atoms with van der Waals surface area (Å²) in [5, 5.41) is 9.26. The van der Waals surface area contributed by atoms with Crippen LogP contribution in [0.5, 0.6) is 5.75 Å². The minimum absolute atomic E-state index is 0.192. The molecule has 2 heterocycles. The SMILES string of the molecule is CC1(C)CC(F)=C(C#Cc2ccc(C#N)cc2)C(Cl)=C1c1ccc2c(c1)OCc1[nH]cnc1-2. The van der Waals surface area contributed by atoms with Gasteiger partial charge >= 0.3 is 0 Å². The van der Waals surface area contributed by atoms with E-state index in [1.165, 1.54) is 0 Å². The van der Waals surface area contributed by atoms with Gasteiger partial charge in [-0.3, -0.25) is 0 Å². The maximum Gasteiger partial charge on any atom is 0.130 e. The van der Waals surface area contributed by atoms with Gasteiger partial charge in [-0.15, -0.1) is 0 Å². The van der Waals surface area contributed by atoms with Crippen LogP contribution in [-0.4, -0.2) is 9.97 Å². The van der Waals surface area contributed by atoms with E-state index < -0.39 is 5.41 Å². The first-order valence-electron chi connectivity index (χ1n) is 10.5. The van der Waals surface area contributed by atoms with Gasteiger partial charge in [0.25, 0.3) is 0 Å². The largest absolute Gasteiger partial charge is 0.487 e. The third-order valence-electron chi connectivity index (χ3n) is 5.95. The summed E-state index contributed by atoms with van der Waals surface area (Å²) in [5.74, 6) is 6.29. The number of benzene rings is 2. The maximum absolute atomic E-state index is 15.1.